The van der Waals surface area contributed by atoms with Gasteiger partial charge in [-0.1, -0.05) is 121 Å². The van der Waals surface area contributed by atoms with Crippen LogP contribution in [0.15, 0.2) is 131 Å². The summed E-state index contributed by atoms with van der Waals surface area (Å²) in [7, 11) is 0. The number of nitriles is 1. The van der Waals surface area contributed by atoms with Crippen molar-refractivity contribution in [2.45, 2.75) is 51.9 Å². The average molecular weight is 818 g/mol. The normalized spacial score (nSPS) is 17.0. The molecule has 8 rings (SSSR count). The first-order valence-electron chi connectivity index (χ1n) is 19.2. The van der Waals surface area contributed by atoms with Crippen LogP contribution in [0.1, 0.15) is 52.2 Å². The van der Waals surface area contributed by atoms with Gasteiger partial charge in [0.15, 0.2) is 12.3 Å². The molecule has 2 aliphatic heterocycles. The van der Waals surface area contributed by atoms with Crippen LogP contribution in [0, 0.1) is 11.3 Å². The van der Waals surface area contributed by atoms with Crippen LogP contribution in [0.4, 0.5) is 11.4 Å². The molecule has 0 spiro atoms. The first kappa shape index (κ1) is 37.9. The second-order valence-corrected chi connectivity index (χ2v) is 16.8. The Morgan fingerprint density at radius 2 is 1.30 bits per heavy atom. The van der Waals surface area contributed by atoms with Crippen molar-refractivity contribution in [1.29, 1.82) is 5.26 Å². The molecule has 2 heterocycles. The second kappa shape index (κ2) is 14.5. The Bertz CT molecular complexity index is 2870. The van der Waals surface area contributed by atoms with Crippen LogP contribution in [-0.2, 0) is 25.2 Å². The average Bonchev–Trinajstić information content (AvgIpc) is 3.59. The number of benzene rings is 6. The number of hydrogen-bond donors (Lipinski definition) is 1. The maximum Gasteiger partial charge on any atom is 0.309 e. The number of ether oxygens (including phenoxy) is 1. The molecule has 0 fully saturated rings. The van der Waals surface area contributed by atoms with Gasteiger partial charge in [0.05, 0.1) is 28.6 Å². The zero-order valence-corrected chi connectivity index (χ0v) is 34.3. The van der Waals surface area contributed by atoms with Crippen LogP contribution < -0.4 is 4.90 Å². The van der Waals surface area contributed by atoms with Gasteiger partial charge >= 0.3 is 5.97 Å². The third-order valence-electron chi connectivity index (χ3n) is 11.8. The fourth-order valence-corrected chi connectivity index (χ4v) is 10.4. The van der Waals surface area contributed by atoms with E-state index in [0.717, 1.165) is 77.0 Å². The summed E-state index contributed by atoms with van der Waals surface area (Å²) < 4.78 is 8.17. The maximum atomic E-state index is 12.1. The Hall–Kier alpha value is -6.04. The second-order valence-electron chi connectivity index (χ2n) is 15.9. The lowest BCUT2D eigenvalue weighted by Gasteiger charge is -2.28. The SMILES string of the molecule is C\C(=C/C(Br)=C/C(C#N)=C1\N(CCOC=O)c2c(c3ccccc3c3ccccc23)C1(C)C)C1=[N+](CCC(=O)O)c2c(c3ccccc3c3ccccc23)C1(C)C. The number of anilines is 1. The fraction of sp³-hybridized carbons (Fsp3) is 0.224. The number of allylic oxidation sites excluding steroid dienone is 6. The number of carboxylic acid groups (broad SMARTS) is 1. The zero-order valence-electron chi connectivity index (χ0n) is 32.7. The molecule has 0 amide bonds. The van der Waals surface area contributed by atoms with E-state index < -0.39 is 16.8 Å². The molecule has 0 radical (unpaired) electrons. The van der Waals surface area contributed by atoms with Crippen LogP contribution in [0.25, 0.3) is 43.1 Å². The quantitative estimate of drug-likeness (QED) is 0.0370. The van der Waals surface area contributed by atoms with Crippen molar-refractivity contribution >= 4 is 88.5 Å². The van der Waals surface area contributed by atoms with Gasteiger partial charge in [-0.05, 0) is 76.9 Å². The summed E-state index contributed by atoms with van der Waals surface area (Å²) in [4.78, 5) is 25.6. The smallest absolute Gasteiger partial charge is 0.309 e. The van der Waals surface area contributed by atoms with Crippen LogP contribution >= 0.6 is 15.9 Å². The Balaban J connectivity index is 1.32. The highest BCUT2D eigenvalue weighted by Crippen LogP contribution is 2.55. The number of carboxylic acids is 1. The summed E-state index contributed by atoms with van der Waals surface area (Å²) in [6.45, 7) is 12.1. The minimum atomic E-state index is -0.859. The van der Waals surface area contributed by atoms with Gasteiger partial charge in [-0.3, -0.25) is 9.59 Å². The van der Waals surface area contributed by atoms with Gasteiger partial charge in [0, 0.05) is 32.1 Å². The predicted octanol–water partition coefficient (Wildman–Crippen LogP) is 11.1. The molecule has 7 nitrogen and oxygen atoms in total. The minimum Gasteiger partial charge on any atom is -0.481 e. The molecule has 6 aromatic rings. The first-order chi connectivity index (χ1) is 27.4. The molecule has 0 unspecified atom stereocenters. The van der Waals surface area contributed by atoms with E-state index in [2.05, 4.69) is 139 Å². The number of carbonyl (C=O) groups is 2. The largest absolute Gasteiger partial charge is 0.481 e. The standard InChI is InChI=1S/C49H42BrN3O4/c1-30(46-48(2,3)42-37-18-10-6-14-33(37)35-16-8-12-20-39(35)44(42)52(46)23-22-41(55)56)26-32(50)27-31(28-51)47-49(4,5)43-38-19-11-7-15-34(38)36-17-9-13-21-40(36)45(43)53(47)24-25-57-29-54/h6-21,26-27,29H,22-25H2,1-5H3/p+1. The Morgan fingerprint density at radius 3 is 1.86 bits per heavy atom. The number of fused-ring (bicyclic) bond motifs is 12. The molecule has 8 heteroatoms. The third kappa shape index (κ3) is 6.04. The van der Waals surface area contributed by atoms with E-state index in [9.17, 15) is 20.0 Å². The molecule has 0 atom stereocenters. The molecule has 0 aromatic heterocycles. The van der Waals surface area contributed by atoms with Crippen molar-refractivity contribution in [2.24, 2.45) is 0 Å². The van der Waals surface area contributed by atoms with Gasteiger partial charge in [-0.25, -0.2) is 0 Å². The lowest BCUT2D eigenvalue weighted by molar-refractivity contribution is -0.435. The van der Waals surface area contributed by atoms with E-state index in [1.807, 2.05) is 36.4 Å². The van der Waals surface area contributed by atoms with E-state index in [1.54, 1.807) is 0 Å². The van der Waals surface area contributed by atoms with Crippen molar-refractivity contribution in [2.75, 3.05) is 24.6 Å². The van der Waals surface area contributed by atoms with E-state index in [0.29, 0.717) is 29.6 Å². The number of carbonyl (C=O) groups excluding carboxylic acids is 1. The van der Waals surface area contributed by atoms with Gasteiger partial charge in [0.25, 0.3) is 6.47 Å². The minimum absolute atomic E-state index is 0.0300. The lowest BCUT2D eigenvalue weighted by atomic mass is 9.76. The summed E-state index contributed by atoms with van der Waals surface area (Å²) in [6.07, 6.45) is 3.89. The first-order valence-corrected chi connectivity index (χ1v) is 20.0. The van der Waals surface area contributed by atoms with Gasteiger partial charge in [0.1, 0.15) is 19.1 Å². The zero-order chi connectivity index (χ0) is 40.2. The predicted molar refractivity (Wildman–Crippen MR) is 234 cm³/mol. The molecule has 0 aliphatic carbocycles. The molecule has 0 saturated heterocycles. The van der Waals surface area contributed by atoms with E-state index in [-0.39, 0.29) is 13.0 Å². The molecule has 0 bridgehead atoms. The number of nitrogens with zero attached hydrogens (tertiary/aromatic N) is 3. The Kier molecular flexibility index (Phi) is 9.61. The summed E-state index contributed by atoms with van der Waals surface area (Å²) in [5.41, 5.74) is 6.50. The van der Waals surface area contributed by atoms with Crippen molar-refractivity contribution in [3.8, 4) is 6.07 Å². The maximum absolute atomic E-state index is 12.1. The number of hydrogen-bond acceptors (Lipinski definition) is 5. The number of aliphatic carboxylic acids is 1. The molecular weight excluding hydrogens is 774 g/mol. The molecule has 57 heavy (non-hydrogen) atoms. The lowest BCUT2D eigenvalue weighted by Crippen LogP contribution is -2.31. The van der Waals surface area contributed by atoms with Gasteiger partial charge in [-0.2, -0.15) is 9.84 Å². The molecule has 1 N–H and O–H groups in total. The molecular formula is C49H43BrN3O4+. The van der Waals surface area contributed by atoms with E-state index in [1.165, 1.54) is 5.56 Å². The van der Waals surface area contributed by atoms with Crippen molar-refractivity contribution in [3.63, 3.8) is 0 Å². The summed E-state index contributed by atoms with van der Waals surface area (Å²) in [5.74, 6) is -0.859. The van der Waals surface area contributed by atoms with Crippen molar-refractivity contribution in [1.82, 2.24) is 0 Å². The van der Waals surface area contributed by atoms with Gasteiger partial charge in [-0.15, -0.1) is 0 Å². The van der Waals surface area contributed by atoms with Gasteiger partial charge < -0.3 is 14.7 Å². The Labute approximate surface area is 340 Å². The monoisotopic (exact) mass is 816 g/mol. The van der Waals surface area contributed by atoms with E-state index in [4.69, 9.17) is 4.74 Å². The number of rotatable bonds is 10. The van der Waals surface area contributed by atoms with Crippen LogP contribution in [0.2, 0.25) is 0 Å². The highest BCUT2D eigenvalue weighted by molar-refractivity contribution is 9.11. The molecule has 0 saturated carbocycles. The van der Waals surface area contributed by atoms with Crippen molar-refractivity contribution in [3.05, 3.63) is 142 Å². The van der Waals surface area contributed by atoms with Crippen molar-refractivity contribution < 1.29 is 24.0 Å². The van der Waals surface area contributed by atoms with Crippen LogP contribution in [-0.4, -0.2) is 47.5 Å². The molecule has 6 aromatic carbocycles. The highest BCUT2D eigenvalue weighted by atomic mass is 79.9. The topological polar surface area (TPSA) is 93.6 Å². The summed E-state index contributed by atoms with van der Waals surface area (Å²) in [6, 6.07) is 36.1. The van der Waals surface area contributed by atoms with Crippen LogP contribution in [0.3, 0.4) is 0 Å². The Morgan fingerprint density at radius 1 is 0.789 bits per heavy atom. The summed E-state index contributed by atoms with van der Waals surface area (Å²) in [5, 5.41) is 29.9. The summed E-state index contributed by atoms with van der Waals surface area (Å²) >= 11 is 3.87. The van der Waals surface area contributed by atoms with Crippen LogP contribution in [0.5, 0.6) is 0 Å². The number of halogens is 1. The molecule has 284 valence electrons. The highest BCUT2D eigenvalue weighted by Gasteiger charge is 2.49. The van der Waals surface area contributed by atoms with E-state index >= 15 is 0 Å². The fourth-order valence-electron chi connectivity index (χ4n) is 9.85. The molecule has 2 aliphatic rings. The third-order valence-corrected chi connectivity index (χ3v) is 12.2. The van der Waals surface area contributed by atoms with Gasteiger partial charge in [0.2, 0.25) is 5.69 Å².